The highest BCUT2D eigenvalue weighted by Crippen LogP contribution is 2.42. The molecular formula is C22H19N3O5. The third-order valence-electron chi connectivity index (χ3n) is 4.97. The number of non-ortho nitro benzene ring substituents is 1. The first-order valence-corrected chi connectivity index (χ1v) is 9.19. The van der Waals surface area contributed by atoms with E-state index in [2.05, 4.69) is 5.32 Å². The van der Waals surface area contributed by atoms with Crippen molar-refractivity contribution in [3.63, 3.8) is 0 Å². The number of nitro benzene ring substituents is 1. The lowest BCUT2D eigenvalue weighted by Gasteiger charge is -2.38. The third kappa shape index (κ3) is 3.28. The summed E-state index contributed by atoms with van der Waals surface area (Å²) >= 11 is 0. The minimum atomic E-state index is -0.672. The molecule has 3 aromatic rings. The van der Waals surface area contributed by atoms with Crippen molar-refractivity contribution < 1.29 is 19.2 Å². The van der Waals surface area contributed by atoms with E-state index in [-0.39, 0.29) is 11.6 Å². The van der Waals surface area contributed by atoms with E-state index in [1.807, 2.05) is 6.07 Å². The zero-order chi connectivity index (χ0) is 21.3. The van der Waals surface area contributed by atoms with Gasteiger partial charge in [0.15, 0.2) is 0 Å². The Balaban J connectivity index is 1.90. The molecule has 8 nitrogen and oxygen atoms in total. The summed E-state index contributed by atoms with van der Waals surface area (Å²) in [6.45, 7) is 0. The van der Waals surface area contributed by atoms with E-state index < -0.39 is 11.1 Å². The summed E-state index contributed by atoms with van der Waals surface area (Å²) in [5.74, 6) is 0.781. The van der Waals surface area contributed by atoms with E-state index in [0.29, 0.717) is 34.0 Å². The van der Waals surface area contributed by atoms with Crippen LogP contribution in [0.3, 0.4) is 0 Å². The lowest BCUT2D eigenvalue weighted by Crippen LogP contribution is -2.43. The van der Waals surface area contributed by atoms with Crippen LogP contribution in [0.2, 0.25) is 0 Å². The van der Waals surface area contributed by atoms with Crippen molar-refractivity contribution in [1.29, 1.82) is 0 Å². The molecule has 1 aliphatic rings. The number of ether oxygens (including phenoxy) is 2. The standard InChI is InChI=1S/C22H19N3O5/c1-29-16-10-11-19(20(13-16)30-2)24-21(14-6-5-7-15(12-14)25(27)28)23-18-9-4-3-8-17(18)22(24)26/h3-13,21,23H,1-2H3. The molecule has 1 N–H and O–H groups in total. The van der Waals surface area contributed by atoms with Gasteiger partial charge in [0.05, 0.1) is 30.4 Å². The summed E-state index contributed by atoms with van der Waals surface area (Å²) in [7, 11) is 3.06. The van der Waals surface area contributed by atoms with Crippen molar-refractivity contribution in [3.8, 4) is 11.5 Å². The summed E-state index contributed by atoms with van der Waals surface area (Å²) in [6, 6.07) is 18.5. The Morgan fingerprint density at radius 1 is 1.00 bits per heavy atom. The van der Waals surface area contributed by atoms with E-state index in [1.54, 1.807) is 60.5 Å². The number of rotatable bonds is 5. The van der Waals surface area contributed by atoms with Gasteiger partial charge in [-0.15, -0.1) is 0 Å². The number of anilines is 2. The zero-order valence-electron chi connectivity index (χ0n) is 16.4. The van der Waals surface area contributed by atoms with Crippen LogP contribution in [0, 0.1) is 10.1 Å². The molecule has 30 heavy (non-hydrogen) atoms. The van der Waals surface area contributed by atoms with Crippen LogP contribution >= 0.6 is 0 Å². The first-order chi connectivity index (χ1) is 14.5. The first kappa shape index (κ1) is 19.3. The minimum Gasteiger partial charge on any atom is -0.497 e. The molecule has 1 atom stereocenters. The molecule has 8 heteroatoms. The Kier molecular flexibility index (Phi) is 4.97. The van der Waals surface area contributed by atoms with Gasteiger partial charge in [-0.05, 0) is 24.3 Å². The van der Waals surface area contributed by atoms with Crippen LogP contribution in [0.4, 0.5) is 17.1 Å². The lowest BCUT2D eigenvalue weighted by molar-refractivity contribution is -0.384. The maximum absolute atomic E-state index is 13.5. The van der Waals surface area contributed by atoms with Crippen LogP contribution < -0.4 is 19.7 Å². The zero-order valence-corrected chi connectivity index (χ0v) is 16.4. The third-order valence-corrected chi connectivity index (χ3v) is 4.97. The van der Waals surface area contributed by atoms with Crippen molar-refractivity contribution in [2.75, 3.05) is 24.4 Å². The number of nitrogens with one attached hydrogen (secondary N) is 1. The number of carbonyl (C=O) groups is 1. The Bertz CT molecular complexity index is 1130. The van der Waals surface area contributed by atoms with Gasteiger partial charge in [-0.2, -0.15) is 0 Å². The number of methoxy groups -OCH3 is 2. The van der Waals surface area contributed by atoms with Gasteiger partial charge in [0.2, 0.25) is 0 Å². The SMILES string of the molecule is COc1ccc(N2C(=O)c3ccccc3NC2c2cccc([N+](=O)[O-])c2)c(OC)c1. The van der Waals surface area contributed by atoms with E-state index in [4.69, 9.17) is 9.47 Å². The normalized spacial score (nSPS) is 15.2. The fourth-order valence-corrected chi connectivity index (χ4v) is 3.53. The molecule has 0 fully saturated rings. The number of para-hydroxylation sites is 1. The smallest absolute Gasteiger partial charge is 0.269 e. The van der Waals surface area contributed by atoms with Crippen molar-refractivity contribution in [3.05, 3.63) is 88.0 Å². The predicted octanol–water partition coefficient (Wildman–Crippen LogP) is 4.38. The van der Waals surface area contributed by atoms with Gasteiger partial charge in [0.1, 0.15) is 17.7 Å². The van der Waals surface area contributed by atoms with E-state index >= 15 is 0 Å². The van der Waals surface area contributed by atoms with E-state index in [9.17, 15) is 14.9 Å². The van der Waals surface area contributed by atoms with Gasteiger partial charge in [0, 0.05) is 29.4 Å². The van der Waals surface area contributed by atoms with E-state index in [0.717, 1.165) is 0 Å². The number of carbonyl (C=O) groups excluding carboxylic acids is 1. The molecule has 0 aromatic heterocycles. The Labute approximate surface area is 172 Å². The molecule has 0 bridgehead atoms. The molecule has 0 saturated carbocycles. The number of nitro groups is 1. The van der Waals surface area contributed by atoms with Crippen LogP contribution in [0.1, 0.15) is 22.1 Å². The van der Waals surface area contributed by atoms with Crippen LogP contribution in [-0.2, 0) is 0 Å². The van der Waals surface area contributed by atoms with Crippen molar-refractivity contribution in [1.82, 2.24) is 0 Å². The number of hydrogen-bond acceptors (Lipinski definition) is 6. The minimum absolute atomic E-state index is 0.0535. The van der Waals surface area contributed by atoms with E-state index in [1.165, 1.54) is 19.2 Å². The van der Waals surface area contributed by atoms with Crippen molar-refractivity contribution >= 4 is 23.0 Å². The molecule has 0 spiro atoms. The molecule has 3 aromatic carbocycles. The highest BCUT2D eigenvalue weighted by molar-refractivity contribution is 6.12. The summed E-state index contributed by atoms with van der Waals surface area (Å²) < 4.78 is 10.8. The monoisotopic (exact) mass is 405 g/mol. The molecule has 1 heterocycles. The molecule has 0 radical (unpaired) electrons. The number of amides is 1. The lowest BCUT2D eigenvalue weighted by atomic mass is 10.0. The second-order valence-electron chi connectivity index (χ2n) is 6.66. The van der Waals surface area contributed by atoms with Crippen LogP contribution in [0.5, 0.6) is 11.5 Å². The first-order valence-electron chi connectivity index (χ1n) is 9.19. The number of benzene rings is 3. The molecule has 1 aliphatic heterocycles. The Morgan fingerprint density at radius 2 is 1.80 bits per heavy atom. The van der Waals surface area contributed by atoms with Gasteiger partial charge < -0.3 is 14.8 Å². The number of fused-ring (bicyclic) bond motifs is 1. The quantitative estimate of drug-likeness (QED) is 0.500. The highest BCUT2D eigenvalue weighted by atomic mass is 16.6. The van der Waals surface area contributed by atoms with Crippen LogP contribution in [0.15, 0.2) is 66.7 Å². The summed E-state index contributed by atoms with van der Waals surface area (Å²) in [6.07, 6.45) is -0.672. The van der Waals surface area contributed by atoms with Crippen LogP contribution in [0.25, 0.3) is 0 Å². The number of hydrogen-bond donors (Lipinski definition) is 1. The van der Waals surface area contributed by atoms with Crippen molar-refractivity contribution in [2.45, 2.75) is 6.17 Å². The molecule has 4 rings (SSSR count). The number of nitrogens with zero attached hydrogens (tertiary/aromatic N) is 2. The van der Waals surface area contributed by atoms with Gasteiger partial charge >= 0.3 is 0 Å². The average molecular weight is 405 g/mol. The maximum atomic E-state index is 13.5. The molecule has 0 aliphatic carbocycles. The van der Waals surface area contributed by atoms with Crippen molar-refractivity contribution in [2.24, 2.45) is 0 Å². The summed E-state index contributed by atoms with van der Waals surface area (Å²) in [4.78, 5) is 25.9. The Morgan fingerprint density at radius 3 is 2.53 bits per heavy atom. The molecule has 1 amide bonds. The molecule has 1 unspecified atom stereocenters. The fraction of sp³-hybridized carbons (Fsp3) is 0.136. The fourth-order valence-electron chi connectivity index (χ4n) is 3.53. The Hall–Kier alpha value is -4.07. The molecule has 152 valence electrons. The summed E-state index contributed by atoms with van der Waals surface area (Å²) in [5, 5.41) is 14.6. The molecule has 0 saturated heterocycles. The second kappa shape index (κ2) is 7.75. The van der Waals surface area contributed by atoms with Gasteiger partial charge in [-0.1, -0.05) is 24.3 Å². The predicted molar refractivity (Wildman–Crippen MR) is 112 cm³/mol. The largest absolute Gasteiger partial charge is 0.497 e. The van der Waals surface area contributed by atoms with Gasteiger partial charge in [-0.25, -0.2) is 0 Å². The van der Waals surface area contributed by atoms with Gasteiger partial charge in [-0.3, -0.25) is 19.8 Å². The highest BCUT2D eigenvalue weighted by Gasteiger charge is 2.36. The van der Waals surface area contributed by atoms with Gasteiger partial charge in [0.25, 0.3) is 11.6 Å². The topological polar surface area (TPSA) is 93.9 Å². The average Bonchev–Trinajstić information content (AvgIpc) is 2.78. The molecular weight excluding hydrogens is 386 g/mol. The van der Waals surface area contributed by atoms with Crippen LogP contribution in [-0.4, -0.2) is 25.1 Å². The maximum Gasteiger partial charge on any atom is 0.269 e. The summed E-state index contributed by atoms with van der Waals surface area (Å²) in [5.41, 5.74) is 2.19. The second-order valence-corrected chi connectivity index (χ2v) is 6.66.